The van der Waals surface area contributed by atoms with Crippen LogP contribution < -0.4 is 0 Å². The third kappa shape index (κ3) is 3.30. The van der Waals surface area contributed by atoms with Gasteiger partial charge in [0.1, 0.15) is 5.76 Å². The number of hydrogen-bond acceptors (Lipinski definition) is 4. The highest BCUT2D eigenvalue weighted by molar-refractivity contribution is 5.95. The standard InChI is InChI=1S/C35H50N2O3/c1-30(2)12-14-35(21-37-16-8-9-27(37)39)15-13-34(7)28(23(35)19-30)24(38)17-26-32(5)18-22-20-36-40-29(22)31(3,4)25(32)10-11-33(26,34)6/h17,20,23,25,28H,8-16,18-19,21H2,1-7H3/t23-,25-,28-,32-,33+,34+,35+/m0/s1. The third-order valence-corrected chi connectivity index (χ3v) is 14.2. The number of hydrogen-bond donors (Lipinski definition) is 0. The molecule has 218 valence electrons. The van der Waals surface area contributed by atoms with E-state index in [4.69, 9.17) is 4.52 Å². The van der Waals surface area contributed by atoms with Gasteiger partial charge >= 0.3 is 0 Å². The second-order valence-electron chi connectivity index (χ2n) is 17.0. The number of amides is 1. The van der Waals surface area contributed by atoms with E-state index >= 15 is 0 Å². The maximum atomic E-state index is 14.7. The molecule has 40 heavy (non-hydrogen) atoms. The zero-order valence-corrected chi connectivity index (χ0v) is 26.0. The predicted octanol–water partition coefficient (Wildman–Crippen LogP) is 7.29. The molecular weight excluding hydrogens is 496 g/mol. The fourth-order valence-electron chi connectivity index (χ4n) is 11.9. The molecule has 5 heteroatoms. The zero-order chi connectivity index (χ0) is 28.5. The van der Waals surface area contributed by atoms with Crippen molar-refractivity contribution in [3.05, 3.63) is 29.2 Å². The van der Waals surface area contributed by atoms with Gasteiger partial charge < -0.3 is 9.42 Å². The number of nitrogens with zero attached hydrogens (tertiary/aromatic N) is 2. The number of carbonyl (C=O) groups is 2. The Labute approximate surface area is 240 Å². The molecule has 0 radical (unpaired) electrons. The summed E-state index contributed by atoms with van der Waals surface area (Å²) in [6.45, 7) is 18.7. The van der Waals surface area contributed by atoms with Crippen LogP contribution in [0.2, 0.25) is 0 Å². The molecule has 0 N–H and O–H groups in total. The Morgan fingerprint density at radius 1 is 1.00 bits per heavy atom. The summed E-state index contributed by atoms with van der Waals surface area (Å²) >= 11 is 0. The Balaban J connectivity index is 1.34. The summed E-state index contributed by atoms with van der Waals surface area (Å²) in [4.78, 5) is 29.7. The Kier molecular flexibility index (Phi) is 5.48. The lowest BCUT2D eigenvalue weighted by Gasteiger charge is -2.70. The van der Waals surface area contributed by atoms with Crippen molar-refractivity contribution in [1.82, 2.24) is 10.1 Å². The van der Waals surface area contributed by atoms with Crippen molar-refractivity contribution >= 4 is 11.7 Å². The summed E-state index contributed by atoms with van der Waals surface area (Å²) in [5.41, 5.74) is 2.66. The molecule has 6 aliphatic rings. The number of likely N-dealkylation sites (tertiary alicyclic amines) is 1. The molecule has 0 bridgehead atoms. The fourth-order valence-corrected chi connectivity index (χ4v) is 11.9. The Morgan fingerprint density at radius 3 is 2.48 bits per heavy atom. The largest absolute Gasteiger partial charge is 0.361 e. The van der Waals surface area contributed by atoms with Crippen molar-refractivity contribution in [3.8, 4) is 0 Å². The lowest BCUT2D eigenvalue weighted by atomic mass is 9.34. The van der Waals surface area contributed by atoms with Gasteiger partial charge in [-0.3, -0.25) is 9.59 Å². The van der Waals surface area contributed by atoms with E-state index in [-0.39, 0.29) is 38.4 Å². The molecule has 7 rings (SSSR count). The van der Waals surface area contributed by atoms with Gasteiger partial charge in [0.15, 0.2) is 5.78 Å². The van der Waals surface area contributed by atoms with E-state index < -0.39 is 0 Å². The van der Waals surface area contributed by atoms with Crippen molar-refractivity contribution < 1.29 is 14.1 Å². The lowest BCUT2D eigenvalue weighted by Crippen LogP contribution is -2.66. The maximum absolute atomic E-state index is 14.7. The smallest absolute Gasteiger partial charge is 0.222 e. The number of ketones is 1. The predicted molar refractivity (Wildman–Crippen MR) is 155 cm³/mol. The van der Waals surface area contributed by atoms with Crippen LogP contribution in [0.5, 0.6) is 0 Å². The maximum Gasteiger partial charge on any atom is 0.222 e. The molecule has 0 unspecified atom stereocenters. The second-order valence-corrected chi connectivity index (χ2v) is 17.0. The SMILES string of the molecule is CC1(C)CC[C@]2(CN3CCCC3=O)CC[C@]3(C)[C@H](C(=O)C=C4[C@@]5(C)Cc6cnoc6C(C)(C)[C@@H]5CC[C@]43C)[C@@H]2C1. The van der Waals surface area contributed by atoms with E-state index in [1.165, 1.54) is 17.6 Å². The molecule has 0 spiro atoms. The molecule has 1 aliphatic heterocycles. The highest BCUT2D eigenvalue weighted by Gasteiger charge is 2.70. The van der Waals surface area contributed by atoms with Gasteiger partial charge in [0, 0.05) is 36.4 Å². The quantitative estimate of drug-likeness (QED) is 0.391. The van der Waals surface area contributed by atoms with Crippen molar-refractivity contribution in [1.29, 1.82) is 0 Å². The number of fused-ring (bicyclic) bond motifs is 8. The average Bonchev–Trinajstić information content (AvgIpc) is 3.50. The molecule has 2 heterocycles. The van der Waals surface area contributed by atoms with E-state index in [1.807, 2.05) is 6.20 Å². The first-order valence-electron chi connectivity index (χ1n) is 16.2. The first kappa shape index (κ1) is 27.0. The molecule has 0 aromatic carbocycles. The van der Waals surface area contributed by atoms with Gasteiger partial charge in [-0.25, -0.2) is 0 Å². The van der Waals surface area contributed by atoms with E-state index in [0.29, 0.717) is 29.9 Å². The normalized spacial score (nSPS) is 45.1. The van der Waals surface area contributed by atoms with Crippen LogP contribution in [-0.2, 0) is 21.4 Å². The van der Waals surface area contributed by atoms with Crippen LogP contribution in [-0.4, -0.2) is 34.8 Å². The molecule has 1 amide bonds. The van der Waals surface area contributed by atoms with E-state index in [9.17, 15) is 9.59 Å². The van der Waals surface area contributed by atoms with E-state index in [2.05, 4.69) is 64.6 Å². The first-order valence-corrected chi connectivity index (χ1v) is 16.2. The van der Waals surface area contributed by atoms with E-state index in [1.54, 1.807) is 0 Å². The van der Waals surface area contributed by atoms with Gasteiger partial charge in [0.05, 0.1) is 6.20 Å². The molecule has 1 saturated heterocycles. The number of carbonyl (C=O) groups excluding carboxylic acids is 2. The minimum absolute atomic E-state index is 0.0151. The summed E-state index contributed by atoms with van der Waals surface area (Å²) in [6, 6.07) is 0. The molecule has 1 aromatic rings. The molecule has 5 nitrogen and oxygen atoms in total. The van der Waals surface area contributed by atoms with Crippen LogP contribution >= 0.6 is 0 Å². The molecule has 4 fully saturated rings. The number of rotatable bonds is 2. The molecule has 3 saturated carbocycles. The zero-order valence-electron chi connectivity index (χ0n) is 26.0. The lowest BCUT2D eigenvalue weighted by molar-refractivity contribution is -0.175. The van der Waals surface area contributed by atoms with Crippen molar-refractivity contribution in [2.24, 2.45) is 44.8 Å². The molecule has 1 aromatic heterocycles. The van der Waals surface area contributed by atoms with Crippen LogP contribution in [0.25, 0.3) is 0 Å². The van der Waals surface area contributed by atoms with Gasteiger partial charge in [-0.2, -0.15) is 0 Å². The van der Waals surface area contributed by atoms with Crippen molar-refractivity contribution in [3.63, 3.8) is 0 Å². The molecule has 5 aliphatic carbocycles. The van der Waals surface area contributed by atoms with Gasteiger partial charge in [-0.1, -0.05) is 59.2 Å². The highest BCUT2D eigenvalue weighted by atomic mass is 16.5. The van der Waals surface area contributed by atoms with Crippen molar-refractivity contribution in [2.45, 2.75) is 118 Å². The Hall–Kier alpha value is -1.91. The minimum Gasteiger partial charge on any atom is -0.361 e. The van der Waals surface area contributed by atoms with Gasteiger partial charge in [0.2, 0.25) is 5.91 Å². The fraction of sp³-hybridized carbons (Fsp3) is 0.800. The van der Waals surface area contributed by atoms with Gasteiger partial charge in [-0.05, 0) is 103 Å². The monoisotopic (exact) mass is 546 g/mol. The topological polar surface area (TPSA) is 63.4 Å². The summed E-state index contributed by atoms with van der Waals surface area (Å²) < 4.78 is 5.84. The Morgan fingerprint density at radius 2 is 1.75 bits per heavy atom. The van der Waals surface area contributed by atoms with Gasteiger partial charge in [-0.15, -0.1) is 0 Å². The van der Waals surface area contributed by atoms with E-state index in [0.717, 1.165) is 70.2 Å². The molecular formula is C35H50N2O3. The number of aromatic nitrogens is 1. The summed E-state index contributed by atoms with van der Waals surface area (Å²) in [5.74, 6) is 2.55. The van der Waals surface area contributed by atoms with Crippen LogP contribution in [0.15, 0.2) is 22.4 Å². The third-order valence-electron chi connectivity index (χ3n) is 14.2. The van der Waals surface area contributed by atoms with Crippen molar-refractivity contribution in [2.75, 3.05) is 13.1 Å². The summed E-state index contributed by atoms with van der Waals surface area (Å²) in [5, 5.41) is 4.23. The number of allylic oxidation sites excluding steroid dienone is 2. The first-order chi connectivity index (χ1) is 18.7. The van der Waals surface area contributed by atoms with Crippen LogP contribution in [0.1, 0.15) is 118 Å². The summed E-state index contributed by atoms with van der Waals surface area (Å²) in [6.07, 6.45) is 14.6. The average molecular weight is 547 g/mol. The van der Waals surface area contributed by atoms with Crippen LogP contribution in [0.3, 0.4) is 0 Å². The van der Waals surface area contributed by atoms with Crippen LogP contribution in [0.4, 0.5) is 0 Å². The molecule has 7 atom stereocenters. The summed E-state index contributed by atoms with van der Waals surface area (Å²) in [7, 11) is 0. The highest BCUT2D eigenvalue weighted by Crippen LogP contribution is 2.74. The van der Waals surface area contributed by atoms with Crippen LogP contribution in [0, 0.1) is 44.8 Å². The second kappa shape index (κ2) is 8.13. The Bertz CT molecular complexity index is 1310. The minimum atomic E-state index is -0.112. The van der Waals surface area contributed by atoms with Gasteiger partial charge in [0.25, 0.3) is 0 Å².